The molecule has 3 nitrogen and oxygen atoms in total. The number of rotatable bonds is 9. The van der Waals surface area contributed by atoms with Crippen molar-refractivity contribution >= 4 is 0 Å². The first-order valence-electron chi connectivity index (χ1n) is 5.33. The third kappa shape index (κ3) is 5.34. The number of halogens is 13. The van der Waals surface area contributed by atoms with Crippen LogP contribution in [0.3, 0.4) is 0 Å². The van der Waals surface area contributed by atoms with E-state index in [1.807, 2.05) is 0 Å². The predicted octanol–water partition coefficient (Wildman–Crippen LogP) is 4.75. The van der Waals surface area contributed by atoms with Gasteiger partial charge in [-0.1, -0.05) is 6.08 Å². The minimum atomic E-state index is -7.11. The molecule has 0 saturated carbocycles. The Bertz CT molecular complexity index is 470. The lowest BCUT2D eigenvalue weighted by molar-refractivity contribution is -0.558. The molecule has 0 spiro atoms. The molecule has 0 aliphatic carbocycles. The summed E-state index contributed by atoms with van der Waals surface area (Å²) >= 11 is 0. The molecule has 0 atom stereocenters. The standard InChI is InChI=1S/C9H5F13O3/c1-2-3-23-6(15,16)7(17,18)25-9(21,22)8(19,20)24-5(13,14)4(10,11)12/h2H,1,3H2. The van der Waals surface area contributed by atoms with Crippen molar-refractivity contribution in [2.75, 3.05) is 6.61 Å². The average Bonchev–Trinajstić information content (AvgIpc) is 2.31. The molecular weight excluding hydrogens is 403 g/mol. The van der Waals surface area contributed by atoms with Crippen molar-refractivity contribution in [2.24, 2.45) is 0 Å². The van der Waals surface area contributed by atoms with Gasteiger partial charge in [-0.15, -0.1) is 6.58 Å². The molecule has 0 aromatic carbocycles. The molecule has 16 heteroatoms. The van der Waals surface area contributed by atoms with E-state index in [0.717, 1.165) is 0 Å². The molecule has 0 fully saturated rings. The van der Waals surface area contributed by atoms with E-state index in [4.69, 9.17) is 0 Å². The second-order valence-corrected chi connectivity index (χ2v) is 3.89. The van der Waals surface area contributed by atoms with Gasteiger partial charge in [0, 0.05) is 0 Å². The molecule has 0 aromatic rings. The monoisotopic (exact) mass is 408 g/mol. The van der Waals surface area contributed by atoms with Gasteiger partial charge in [-0.25, -0.2) is 9.47 Å². The molecule has 0 unspecified atom stereocenters. The van der Waals surface area contributed by atoms with Crippen molar-refractivity contribution in [1.82, 2.24) is 0 Å². The first-order chi connectivity index (χ1) is 10.7. The summed E-state index contributed by atoms with van der Waals surface area (Å²) in [6.07, 6.45) is -40.3. The lowest BCUT2D eigenvalue weighted by Crippen LogP contribution is -2.58. The van der Waals surface area contributed by atoms with Gasteiger partial charge in [-0.05, 0) is 0 Å². The van der Waals surface area contributed by atoms with Gasteiger partial charge in [0.1, 0.15) is 0 Å². The Morgan fingerprint density at radius 1 is 0.560 bits per heavy atom. The van der Waals surface area contributed by atoms with Crippen LogP contribution in [0, 0.1) is 0 Å². The Kier molecular flexibility index (Phi) is 6.44. The van der Waals surface area contributed by atoms with E-state index in [1.54, 1.807) is 4.74 Å². The lowest BCUT2D eigenvalue weighted by Gasteiger charge is -2.33. The van der Waals surface area contributed by atoms with Gasteiger partial charge in [-0.2, -0.15) is 57.1 Å². The van der Waals surface area contributed by atoms with E-state index in [9.17, 15) is 57.1 Å². The minimum Gasteiger partial charge on any atom is -0.309 e. The van der Waals surface area contributed by atoms with Crippen molar-refractivity contribution in [3.8, 4) is 0 Å². The van der Waals surface area contributed by atoms with E-state index in [1.165, 1.54) is 4.74 Å². The van der Waals surface area contributed by atoms with Crippen LogP contribution in [0.25, 0.3) is 0 Å². The third-order valence-electron chi connectivity index (χ3n) is 1.90. The summed E-state index contributed by atoms with van der Waals surface area (Å²) in [5, 5.41) is 0. The van der Waals surface area contributed by atoms with Gasteiger partial charge < -0.3 is 4.74 Å². The summed E-state index contributed by atoms with van der Waals surface area (Å²) in [6, 6.07) is 0. The fourth-order valence-corrected chi connectivity index (χ4v) is 0.806. The quantitative estimate of drug-likeness (QED) is 0.407. The van der Waals surface area contributed by atoms with Crippen LogP contribution in [0.2, 0.25) is 0 Å². The summed E-state index contributed by atoms with van der Waals surface area (Å²) in [5.41, 5.74) is 0. The molecule has 25 heavy (non-hydrogen) atoms. The smallest absolute Gasteiger partial charge is 0.309 e. The molecule has 0 saturated heterocycles. The van der Waals surface area contributed by atoms with Crippen LogP contribution < -0.4 is 0 Å². The topological polar surface area (TPSA) is 27.7 Å². The Hall–Kier alpha value is -1.29. The van der Waals surface area contributed by atoms with E-state index in [-0.39, 0.29) is 0 Å². The van der Waals surface area contributed by atoms with E-state index >= 15 is 0 Å². The fourth-order valence-electron chi connectivity index (χ4n) is 0.806. The van der Waals surface area contributed by atoms with Crippen LogP contribution >= 0.6 is 0 Å². The normalized spacial score (nSPS) is 15.4. The SMILES string of the molecule is C=CCOC(F)(F)C(F)(F)OC(F)(F)C(F)(F)OC(F)(F)C(F)(F)F. The Balaban J connectivity index is 5.50. The van der Waals surface area contributed by atoms with E-state index in [0.29, 0.717) is 6.08 Å². The van der Waals surface area contributed by atoms with Gasteiger partial charge in [0.2, 0.25) is 0 Å². The lowest BCUT2D eigenvalue weighted by atomic mass is 10.5. The highest BCUT2D eigenvalue weighted by atomic mass is 19.4. The fraction of sp³-hybridized carbons (Fsp3) is 0.778. The molecule has 0 heterocycles. The molecule has 150 valence electrons. The summed E-state index contributed by atoms with van der Waals surface area (Å²) in [6.45, 7) is 1.27. The molecule has 0 aliphatic rings. The predicted molar refractivity (Wildman–Crippen MR) is 49.1 cm³/mol. The Morgan fingerprint density at radius 2 is 0.880 bits per heavy atom. The van der Waals surface area contributed by atoms with Crippen molar-refractivity contribution in [2.45, 2.75) is 36.7 Å². The minimum absolute atomic E-state index is 0.393. The van der Waals surface area contributed by atoms with Crippen molar-refractivity contribution in [3.05, 3.63) is 12.7 Å². The van der Waals surface area contributed by atoms with Crippen LogP contribution in [0.5, 0.6) is 0 Å². The molecular formula is C9H5F13O3. The molecule has 0 rings (SSSR count). The van der Waals surface area contributed by atoms with Gasteiger partial charge in [-0.3, -0.25) is 0 Å². The second-order valence-electron chi connectivity index (χ2n) is 3.89. The summed E-state index contributed by atoms with van der Waals surface area (Å²) in [7, 11) is 0. The molecule has 0 aliphatic heterocycles. The molecule has 0 N–H and O–H groups in total. The van der Waals surface area contributed by atoms with Crippen LogP contribution in [0.1, 0.15) is 0 Å². The van der Waals surface area contributed by atoms with Crippen molar-refractivity contribution < 1.29 is 71.3 Å². The molecule has 0 aromatic heterocycles. The van der Waals surface area contributed by atoms with Gasteiger partial charge >= 0.3 is 36.7 Å². The highest BCUT2D eigenvalue weighted by Crippen LogP contribution is 2.49. The number of hydrogen-bond acceptors (Lipinski definition) is 3. The first kappa shape index (κ1) is 23.7. The van der Waals surface area contributed by atoms with Crippen LogP contribution in [0.15, 0.2) is 12.7 Å². The maximum Gasteiger partial charge on any atom is 0.483 e. The summed E-state index contributed by atoms with van der Waals surface area (Å²) < 4.78 is 168. The largest absolute Gasteiger partial charge is 0.483 e. The molecule has 0 bridgehead atoms. The van der Waals surface area contributed by atoms with Crippen molar-refractivity contribution in [1.29, 1.82) is 0 Å². The number of hydrogen-bond donors (Lipinski definition) is 0. The zero-order valence-electron chi connectivity index (χ0n) is 11.1. The zero-order valence-corrected chi connectivity index (χ0v) is 11.1. The zero-order chi connectivity index (χ0) is 20.5. The van der Waals surface area contributed by atoms with Crippen LogP contribution in [0.4, 0.5) is 57.1 Å². The van der Waals surface area contributed by atoms with Crippen LogP contribution in [-0.4, -0.2) is 43.3 Å². The highest BCUT2D eigenvalue weighted by molar-refractivity contribution is 4.78. The van der Waals surface area contributed by atoms with Crippen LogP contribution in [-0.2, 0) is 14.2 Å². The molecule has 0 amide bonds. The molecule has 0 radical (unpaired) electrons. The highest BCUT2D eigenvalue weighted by Gasteiger charge is 2.75. The Labute approximate surface area is 128 Å². The number of alkyl halides is 13. The van der Waals surface area contributed by atoms with E-state index in [2.05, 4.69) is 11.3 Å². The summed E-state index contributed by atoms with van der Waals surface area (Å²) in [5.74, 6) is 0. The maximum atomic E-state index is 12.8. The average molecular weight is 408 g/mol. The van der Waals surface area contributed by atoms with Gasteiger partial charge in [0.15, 0.2) is 0 Å². The van der Waals surface area contributed by atoms with Gasteiger partial charge in [0.05, 0.1) is 6.61 Å². The van der Waals surface area contributed by atoms with E-state index < -0.39 is 43.3 Å². The summed E-state index contributed by atoms with van der Waals surface area (Å²) in [4.78, 5) is 0. The first-order valence-corrected chi connectivity index (χ1v) is 5.33. The number of ether oxygens (including phenoxy) is 3. The Morgan fingerprint density at radius 3 is 1.20 bits per heavy atom. The second kappa shape index (κ2) is 6.79. The van der Waals surface area contributed by atoms with Gasteiger partial charge in [0.25, 0.3) is 0 Å². The maximum absolute atomic E-state index is 12.8. The third-order valence-corrected chi connectivity index (χ3v) is 1.90. The van der Waals surface area contributed by atoms with Crippen molar-refractivity contribution in [3.63, 3.8) is 0 Å².